The number of esters is 1. The molecule has 0 aromatic heterocycles. The third-order valence-electron chi connectivity index (χ3n) is 2.88. The van der Waals surface area contributed by atoms with Crippen LogP contribution in [0.1, 0.15) is 26.7 Å². The molecule has 0 saturated heterocycles. The molecule has 114 valence electrons. The Morgan fingerprint density at radius 2 is 2.00 bits per heavy atom. The normalized spacial score (nSPS) is 16.9. The molecule has 0 heterocycles. The molecule has 0 spiro atoms. The number of aliphatic hydroxyl groups is 1. The molecule has 20 heavy (non-hydrogen) atoms. The Bertz CT molecular complexity index is 380. The predicted molar refractivity (Wildman–Crippen MR) is 68.0 cm³/mol. The summed E-state index contributed by atoms with van der Waals surface area (Å²) in [6.07, 6.45) is 0.290. The van der Waals surface area contributed by atoms with E-state index < -0.39 is 30.1 Å². The molecular weight excluding hydrogens is 268 g/mol. The van der Waals surface area contributed by atoms with Gasteiger partial charge in [-0.3, -0.25) is 4.79 Å². The number of hydrogen-bond donors (Lipinski definition) is 3. The molecule has 0 aliphatic heterocycles. The Kier molecular flexibility index (Phi) is 5.75. The van der Waals surface area contributed by atoms with Crippen molar-refractivity contribution in [2.45, 2.75) is 44.9 Å². The number of nitrogens with one attached hydrogen (secondary N) is 1. The number of carboxylic acid groups (broad SMARTS) is 1. The number of ether oxygens (including phenoxy) is 1. The summed E-state index contributed by atoms with van der Waals surface area (Å²) in [6.45, 7) is 2.92. The highest BCUT2D eigenvalue weighted by atomic mass is 16.5. The fourth-order valence-electron chi connectivity index (χ4n) is 1.70. The molecule has 8 nitrogen and oxygen atoms in total. The average molecular weight is 288 g/mol. The lowest BCUT2D eigenvalue weighted by molar-refractivity contribution is -0.143. The number of carboxylic acids is 1. The molecule has 0 aromatic rings. The number of hydrogen-bond acceptors (Lipinski definition) is 5. The summed E-state index contributed by atoms with van der Waals surface area (Å²) in [5, 5.41) is 20.5. The molecule has 0 aromatic carbocycles. The van der Waals surface area contributed by atoms with E-state index in [1.54, 1.807) is 6.92 Å². The number of rotatable bonds is 7. The predicted octanol–water partition coefficient (Wildman–Crippen LogP) is -0.442. The Hall–Kier alpha value is -1.83. The van der Waals surface area contributed by atoms with Crippen LogP contribution in [0.3, 0.4) is 0 Å². The maximum absolute atomic E-state index is 12.0. The molecule has 0 unspecified atom stereocenters. The van der Waals surface area contributed by atoms with Gasteiger partial charge in [0.05, 0.1) is 12.7 Å². The number of aliphatic carboxylic acids is 1. The molecule has 2 amide bonds. The quantitative estimate of drug-likeness (QED) is 0.547. The lowest BCUT2D eigenvalue weighted by Crippen LogP contribution is -2.53. The maximum atomic E-state index is 12.0. The molecule has 1 aliphatic carbocycles. The molecule has 8 heteroatoms. The molecule has 3 N–H and O–H groups in total. The van der Waals surface area contributed by atoms with E-state index >= 15 is 0 Å². The van der Waals surface area contributed by atoms with Crippen molar-refractivity contribution in [3.05, 3.63) is 0 Å². The first-order valence-electron chi connectivity index (χ1n) is 6.50. The zero-order valence-corrected chi connectivity index (χ0v) is 11.5. The van der Waals surface area contributed by atoms with E-state index in [0.717, 1.165) is 12.8 Å². The largest absolute Gasteiger partial charge is 0.480 e. The second kappa shape index (κ2) is 7.09. The monoisotopic (exact) mass is 288 g/mol. The highest BCUT2D eigenvalue weighted by Crippen LogP contribution is 2.26. The standard InChI is InChI=1S/C12H20N2O6/c1-3-20-9(16)6-14(8-4-5-8)12(19)13-10(7(2)15)11(17)18/h7-8,10,15H,3-6H2,1-2H3,(H,13,19)(H,17,18)/t7-,10+/m1/s1. The Morgan fingerprint density at radius 3 is 2.40 bits per heavy atom. The molecular formula is C12H20N2O6. The van der Waals surface area contributed by atoms with Gasteiger partial charge in [-0.15, -0.1) is 0 Å². The zero-order valence-electron chi connectivity index (χ0n) is 11.5. The van der Waals surface area contributed by atoms with E-state index in [9.17, 15) is 19.5 Å². The maximum Gasteiger partial charge on any atom is 0.328 e. The van der Waals surface area contributed by atoms with Crippen LogP contribution in [0, 0.1) is 0 Å². The lowest BCUT2D eigenvalue weighted by atomic mass is 10.2. The minimum Gasteiger partial charge on any atom is -0.480 e. The number of aliphatic hydroxyl groups excluding tert-OH is 1. The van der Waals surface area contributed by atoms with Crippen LogP contribution in [0.5, 0.6) is 0 Å². The van der Waals surface area contributed by atoms with Gasteiger partial charge in [-0.05, 0) is 26.7 Å². The van der Waals surface area contributed by atoms with E-state index in [-0.39, 0.29) is 19.2 Å². The lowest BCUT2D eigenvalue weighted by Gasteiger charge is -2.25. The van der Waals surface area contributed by atoms with E-state index in [4.69, 9.17) is 9.84 Å². The first-order chi connectivity index (χ1) is 9.36. The van der Waals surface area contributed by atoms with Crippen LogP contribution in [0.2, 0.25) is 0 Å². The van der Waals surface area contributed by atoms with Crippen molar-refractivity contribution in [3.8, 4) is 0 Å². The molecule has 1 saturated carbocycles. The van der Waals surface area contributed by atoms with Crippen LogP contribution in [0.15, 0.2) is 0 Å². The van der Waals surface area contributed by atoms with Gasteiger partial charge >= 0.3 is 18.0 Å². The summed E-state index contributed by atoms with van der Waals surface area (Å²) in [6, 6.07) is -2.18. The molecule has 2 atom stereocenters. The highest BCUT2D eigenvalue weighted by molar-refractivity contribution is 5.85. The summed E-state index contributed by atoms with van der Waals surface area (Å²) < 4.78 is 4.77. The number of nitrogens with zero attached hydrogens (tertiary/aromatic N) is 1. The van der Waals surface area contributed by atoms with E-state index in [0.29, 0.717) is 0 Å². The Labute approximate surface area is 116 Å². The Balaban J connectivity index is 2.64. The molecule has 1 rings (SSSR count). The second-order valence-electron chi connectivity index (χ2n) is 4.67. The third kappa shape index (κ3) is 4.69. The van der Waals surface area contributed by atoms with Gasteiger partial charge in [0.15, 0.2) is 6.04 Å². The van der Waals surface area contributed by atoms with Gasteiger partial charge in [0.1, 0.15) is 6.54 Å². The van der Waals surface area contributed by atoms with Crippen LogP contribution in [-0.4, -0.2) is 64.4 Å². The van der Waals surface area contributed by atoms with Gasteiger partial charge in [0.2, 0.25) is 0 Å². The summed E-state index contributed by atoms with van der Waals surface area (Å²) in [5.41, 5.74) is 0. The minimum absolute atomic E-state index is 0.0807. The third-order valence-corrected chi connectivity index (χ3v) is 2.88. The van der Waals surface area contributed by atoms with Crippen LogP contribution < -0.4 is 5.32 Å². The van der Waals surface area contributed by atoms with Gasteiger partial charge in [0, 0.05) is 6.04 Å². The number of carbonyl (C=O) groups is 3. The van der Waals surface area contributed by atoms with Gasteiger partial charge in [0.25, 0.3) is 0 Å². The molecule has 1 fully saturated rings. The van der Waals surface area contributed by atoms with Crippen molar-refractivity contribution in [1.82, 2.24) is 10.2 Å². The number of urea groups is 1. The minimum atomic E-state index is -1.41. The van der Waals surface area contributed by atoms with Gasteiger partial charge in [-0.1, -0.05) is 0 Å². The van der Waals surface area contributed by atoms with Crippen LogP contribution in [0.4, 0.5) is 4.79 Å². The van der Waals surface area contributed by atoms with Crippen molar-refractivity contribution in [2.24, 2.45) is 0 Å². The second-order valence-corrected chi connectivity index (χ2v) is 4.67. The summed E-state index contributed by atoms with van der Waals surface area (Å²) in [7, 11) is 0. The summed E-state index contributed by atoms with van der Waals surface area (Å²) >= 11 is 0. The van der Waals surface area contributed by atoms with Crippen molar-refractivity contribution in [1.29, 1.82) is 0 Å². The number of carbonyl (C=O) groups excluding carboxylic acids is 2. The van der Waals surface area contributed by atoms with E-state index in [2.05, 4.69) is 5.32 Å². The number of amides is 2. The van der Waals surface area contributed by atoms with Gasteiger partial charge in [-0.25, -0.2) is 9.59 Å². The van der Waals surface area contributed by atoms with Crippen LogP contribution >= 0.6 is 0 Å². The van der Waals surface area contributed by atoms with Crippen molar-refractivity contribution in [3.63, 3.8) is 0 Å². The van der Waals surface area contributed by atoms with Crippen LogP contribution in [0.25, 0.3) is 0 Å². The van der Waals surface area contributed by atoms with E-state index in [1.165, 1.54) is 11.8 Å². The van der Waals surface area contributed by atoms with Gasteiger partial charge < -0.3 is 25.2 Å². The topological polar surface area (TPSA) is 116 Å². The average Bonchev–Trinajstić information content (AvgIpc) is 3.16. The fourth-order valence-corrected chi connectivity index (χ4v) is 1.70. The highest BCUT2D eigenvalue weighted by Gasteiger charge is 2.36. The van der Waals surface area contributed by atoms with E-state index in [1.807, 2.05) is 0 Å². The smallest absolute Gasteiger partial charge is 0.328 e. The molecule has 1 aliphatic rings. The summed E-state index contributed by atoms with van der Waals surface area (Å²) in [5.74, 6) is -1.88. The van der Waals surface area contributed by atoms with Crippen molar-refractivity contribution < 1.29 is 29.3 Å². The molecule has 0 radical (unpaired) electrons. The van der Waals surface area contributed by atoms with Gasteiger partial charge in [-0.2, -0.15) is 0 Å². The zero-order chi connectivity index (χ0) is 15.3. The van der Waals surface area contributed by atoms with Crippen molar-refractivity contribution >= 4 is 18.0 Å². The summed E-state index contributed by atoms with van der Waals surface area (Å²) in [4.78, 5) is 35.6. The van der Waals surface area contributed by atoms with Crippen molar-refractivity contribution in [2.75, 3.05) is 13.2 Å². The first-order valence-corrected chi connectivity index (χ1v) is 6.50. The fraction of sp³-hybridized carbons (Fsp3) is 0.750. The Morgan fingerprint density at radius 1 is 1.40 bits per heavy atom. The van der Waals surface area contributed by atoms with Crippen LogP contribution in [-0.2, 0) is 14.3 Å². The first kappa shape index (κ1) is 16.2. The molecule has 0 bridgehead atoms. The SMILES string of the molecule is CCOC(=O)CN(C(=O)N[C@H](C(=O)O)[C@@H](C)O)C1CC1.